The van der Waals surface area contributed by atoms with E-state index in [9.17, 15) is 4.79 Å². The minimum absolute atomic E-state index is 0.100. The smallest absolute Gasteiger partial charge is 0.356 e. The van der Waals surface area contributed by atoms with Crippen LogP contribution in [-0.2, 0) is 7.05 Å². The molecule has 0 aromatic carbocycles. The number of aryl methyl sites for hydroxylation is 2. The van der Waals surface area contributed by atoms with Crippen LogP contribution in [0.3, 0.4) is 0 Å². The van der Waals surface area contributed by atoms with E-state index in [1.807, 2.05) is 6.92 Å². The Morgan fingerprint density at radius 3 is 2.82 bits per heavy atom. The van der Waals surface area contributed by atoms with E-state index in [0.717, 1.165) is 11.4 Å². The van der Waals surface area contributed by atoms with Crippen LogP contribution in [0.15, 0.2) is 18.6 Å². The molecular formula is C10H11N5O2. The van der Waals surface area contributed by atoms with Crippen molar-refractivity contribution in [3.63, 3.8) is 0 Å². The predicted molar refractivity (Wildman–Crippen MR) is 60.2 cm³/mol. The Balaban J connectivity index is 2.27. The Kier molecular flexibility index (Phi) is 2.73. The molecule has 2 N–H and O–H groups in total. The van der Waals surface area contributed by atoms with E-state index in [1.54, 1.807) is 17.9 Å². The number of hydrogen-bond acceptors (Lipinski definition) is 5. The zero-order valence-corrected chi connectivity index (χ0v) is 9.38. The summed E-state index contributed by atoms with van der Waals surface area (Å²) in [6.07, 6.45) is 4.44. The second-order valence-corrected chi connectivity index (χ2v) is 3.52. The monoisotopic (exact) mass is 233 g/mol. The van der Waals surface area contributed by atoms with Crippen LogP contribution < -0.4 is 5.32 Å². The summed E-state index contributed by atoms with van der Waals surface area (Å²) in [5.74, 6) is -0.731. The molecule has 0 aliphatic carbocycles. The van der Waals surface area contributed by atoms with Crippen LogP contribution in [0, 0.1) is 6.92 Å². The molecule has 0 atom stereocenters. The quantitative estimate of drug-likeness (QED) is 0.820. The standard InChI is InChI=1S/C10H11N5O2/c1-6-8(5-15(2)14-6)13-9-4-11-3-7(12-9)10(16)17/h3-5H,1-2H3,(H,12,13)(H,16,17). The highest BCUT2D eigenvalue weighted by Gasteiger charge is 2.08. The van der Waals surface area contributed by atoms with Crippen molar-refractivity contribution in [3.8, 4) is 0 Å². The van der Waals surface area contributed by atoms with Crippen molar-refractivity contribution in [1.82, 2.24) is 19.7 Å². The Bertz CT molecular complexity index is 564. The van der Waals surface area contributed by atoms with Crippen LogP contribution in [0.4, 0.5) is 11.5 Å². The van der Waals surface area contributed by atoms with Gasteiger partial charge in [0.1, 0.15) is 5.82 Å². The third-order valence-corrected chi connectivity index (χ3v) is 2.13. The van der Waals surface area contributed by atoms with Crippen LogP contribution in [0.2, 0.25) is 0 Å². The predicted octanol–water partition coefficient (Wildman–Crippen LogP) is 0.960. The molecule has 0 aliphatic rings. The molecule has 0 amide bonds. The zero-order valence-electron chi connectivity index (χ0n) is 9.38. The van der Waals surface area contributed by atoms with Gasteiger partial charge in [0, 0.05) is 13.2 Å². The highest BCUT2D eigenvalue weighted by atomic mass is 16.4. The van der Waals surface area contributed by atoms with Crippen molar-refractivity contribution in [2.45, 2.75) is 6.92 Å². The van der Waals surface area contributed by atoms with Gasteiger partial charge >= 0.3 is 5.97 Å². The van der Waals surface area contributed by atoms with Crippen LogP contribution in [0.25, 0.3) is 0 Å². The molecule has 17 heavy (non-hydrogen) atoms. The number of anilines is 2. The molecule has 7 heteroatoms. The molecule has 0 unspecified atom stereocenters. The van der Waals surface area contributed by atoms with Crippen molar-refractivity contribution in [3.05, 3.63) is 30.0 Å². The molecule has 0 bridgehead atoms. The van der Waals surface area contributed by atoms with Crippen molar-refractivity contribution >= 4 is 17.5 Å². The molecule has 2 rings (SSSR count). The van der Waals surface area contributed by atoms with Gasteiger partial charge < -0.3 is 10.4 Å². The zero-order chi connectivity index (χ0) is 12.4. The lowest BCUT2D eigenvalue weighted by Crippen LogP contribution is -2.04. The summed E-state index contributed by atoms with van der Waals surface area (Å²) in [5, 5.41) is 15.9. The molecule has 0 spiro atoms. The molecule has 0 fully saturated rings. The van der Waals surface area contributed by atoms with Gasteiger partial charge in [-0.1, -0.05) is 0 Å². The number of carbonyl (C=O) groups is 1. The lowest BCUT2D eigenvalue weighted by atomic mass is 10.4. The molecule has 2 aromatic rings. The number of carboxylic acid groups (broad SMARTS) is 1. The second kappa shape index (κ2) is 4.20. The normalized spacial score (nSPS) is 10.2. The van der Waals surface area contributed by atoms with Gasteiger partial charge in [-0.05, 0) is 6.92 Å². The van der Waals surface area contributed by atoms with Crippen molar-refractivity contribution in [1.29, 1.82) is 0 Å². The molecule has 0 saturated carbocycles. The number of rotatable bonds is 3. The highest BCUT2D eigenvalue weighted by Crippen LogP contribution is 2.16. The molecular weight excluding hydrogens is 222 g/mol. The van der Waals surface area contributed by atoms with Crippen LogP contribution in [-0.4, -0.2) is 30.8 Å². The maximum absolute atomic E-state index is 10.7. The van der Waals surface area contributed by atoms with E-state index in [4.69, 9.17) is 5.11 Å². The van der Waals surface area contributed by atoms with Crippen molar-refractivity contribution in [2.24, 2.45) is 7.05 Å². The first kappa shape index (κ1) is 11.1. The number of aromatic nitrogens is 4. The van der Waals surface area contributed by atoms with Gasteiger partial charge in [0.15, 0.2) is 5.69 Å². The summed E-state index contributed by atoms with van der Waals surface area (Å²) in [6, 6.07) is 0. The van der Waals surface area contributed by atoms with Crippen molar-refractivity contribution < 1.29 is 9.90 Å². The number of nitrogens with zero attached hydrogens (tertiary/aromatic N) is 4. The lowest BCUT2D eigenvalue weighted by molar-refractivity contribution is 0.0690. The molecule has 2 aromatic heterocycles. The Labute approximate surface area is 97.1 Å². The molecule has 88 valence electrons. The van der Waals surface area contributed by atoms with Crippen molar-refractivity contribution in [2.75, 3.05) is 5.32 Å². The van der Waals surface area contributed by atoms with Gasteiger partial charge in [0.25, 0.3) is 0 Å². The Hall–Kier alpha value is -2.44. The third kappa shape index (κ3) is 2.39. The fourth-order valence-corrected chi connectivity index (χ4v) is 1.39. The van der Waals surface area contributed by atoms with Gasteiger partial charge in [0.05, 0.1) is 23.8 Å². The fraction of sp³-hybridized carbons (Fsp3) is 0.200. The first-order valence-electron chi connectivity index (χ1n) is 4.89. The minimum Gasteiger partial charge on any atom is -0.476 e. The lowest BCUT2D eigenvalue weighted by Gasteiger charge is -2.03. The number of hydrogen-bond donors (Lipinski definition) is 2. The highest BCUT2D eigenvalue weighted by molar-refractivity contribution is 5.85. The third-order valence-electron chi connectivity index (χ3n) is 2.13. The average molecular weight is 233 g/mol. The van der Waals surface area contributed by atoms with Gasteiger partial charge in [-0.2, -0.15) is 5.10 Å². The SMILES string of the molecule is Cc1nn(C)cc1Nc1cncc(C(=O)O)n1. The summed E-state index contributed by atoms with van der Waals surface area (Å²) in [4.78, 5) is 18.4. The average Bonchev–Trinajstić information content (AvgIpc) is 2.58. The van der Waals surface area contributed by atoms with Gasteiger partial charge in [-0.15, -0.1) is 0 Å². The summed E-state index contributed by atoms with van der Waals surface area (Å²) < 4.78 is 1.66. The van der Waals surface area contributed by atoms with E-state index in [-0.39, 0.29) is 5.69 Å². The largest absolute Gasteiger partial charge is 0.476 e. The number of carboxylic acids is 1. The van der Waals surface area contributed by atoms with Gasteiger partial charge in [-0.25, -0.2) is 9.78 Å². The van der Waals surface area contributed by atoms with Crippen LogP contribution in [0.1, 0.15) is 16.2 Å². The van der Waals surface area contributed by atoms with Crippen LogP contribution >= 0.6 is 0 Å². The van der Waals surface area contributed by atoms with E-state index in [1.165, 1.54) is 12.4 Å². The maximum atomic E-state index is 10.7. The van der Waals surface area contributed by atoms with E-state index in [0.29, 0.717) is 5.82 Å². The maximum Gasteiger partial charge on any atom is 0.356 e. The number of nitrogens with one attached hydrogen (secondary N) is 1. The Morgan fingerprint density at radius 2 is 2.24 bits per heavy atom. The summed E-state index contributed by atoms with van der Waals surface area (Å²) in [7, 11) is 1.80. The summed E-state index contributed by atoms with van der Waals surface area (Å²) >= 11 is 0. The van der Waals surface area contributed by atoms with Gasteiger partial charge in [0.2, 0.25) is 0 Å². The Morgan fingerprint density at radius 1 is 1.47 bits per heavy atom. The second-order valence-electron chi connectivity index (χ2n) is 3.52. The fourth-order valence-electron chi connectivity index (χ4n) is 1.39. The number of aromatic carboxylic acids is 1. The molecule has 0 saturated heterocycles. The molecule has 0 aliphatic heterocycles. The topological polar surface area (TPSA) is 92.9 Å². The molecule has 7 nitrogen and oxygen atoms in total. The van der Waals surface area contributed by atoms with Gasteiger partial charge in [-0.3, -0.25) is 9.67 Å². The van der Waals surface area contributed by atoms with E-state index < -0.39 is 5.97 Å². The minimum atomic E-state index is -1.11. The first-order valence-corrected chi connectivity index (χ1v) is 4.89. The summed E-state index contributed by atoms with van der Waals surface area (Å²) in [6.45, 7) is 1.84. The van der Waals surface area contributed by atoms with E-state index >= 15 is 0 Å². The summed E-state index contributed by atoms with van der Waals surface area (Å²) in [5.41, 5.74) is 1.47. The molecule has 0 radical (unpaired) electrons. The molecule has 2 heterocycles. The van der Waals surface area contributed by atoms with Crippen LogP contribution in [0.5, 0.6) is 0 Å². The first-order chi connectivity index (χ1) is 8.06. The van der Waals surface area contributed by atoms with E-state index in [2.05, 4.69) is 20.4 Å².